The Hall–Kier alpha value is -2.70. The van der Waals surface area contributed by atoms with E-state index in [0.29, 0.717) is 25.3 Å². The summed E-state index contributed by atoms with van der Waals surface area (Å²) < 4.78 is 11.2. The summed E-state index contributed by atoms with van der Waals surface area (Å²) in [4.78, 5) is 26.8. The molecule has 0 aliphatic carbocycles. The van der Waals surface area contributed by atoms with Crippen molar-refractivity contribution in [2.45, 2.75) is 32.4 Å². The van der Waals surface area contributed by atoms with Gasteiger partial charge in [0.2, 0.25) is 5.91 Å². The Balaban J connectivity index is 1.37. The van der Waals surface area contributed by atoms with Crippen LogP contribution in [-0.2, 0) is 16.1 Å². The summed E-state index contributed by atoms with van der Waals surface area (Å²) in [6.07, 6.45) is 0.325. The molecule has 1 aliphatic heterocycles. The number of nitrogens with zero attached hydrogens (tertiary/aromatic N) is 1. The van der Waals surface area contributed by atoms with Gasteiger partial charge in [-0.05, 0) is 36.8 Å². The van der Waals surface area contributed by atoms with E-state index in [1.54, 1.807) is 24.3 Å². The lowest BCUT2D eigenvalue weighted by molar-refractivity contribution is -0.122. The summed E-state index contributed by atoms with van der Waals surface area (Å²) in [6.45, 7) is 6.16. The summed E-state index contributed by atoms with van der Waals surface area (Å²) in [5.74, 6) is 0.565. The van der Waals surface area contributed by atoms with Crippen LogP contribution < -0.4 is 10.1 Å². The number of nitrogens with one attached hydrogen (secondary N) is 1. The summed E-state index contributed by atoms with van der Waals surface area (Å²) >= 11 is 0. The molecule has 1 amide bonds. The first-order valence-corrected chi connectivity index (χ1v) is 10.5. The normalized spacial score (nSPS) is 16.8. The molecule has 160 valence electrons. The summed E-state index contributed by atoms with van der Waals surface area (Å²) in [6, 6.07) is 17.4. The number of ketones is 1. The number of rotatable bonds is 10. The Morgan fingerprint density at radius 3 is 2.60 bits per heavy atom. The largest absolute Gasteiger partial charge is 0.494 e. The van der Waals surface area contributed by atoms with Gasteiger partial charge in [-0.2, -0.15) is 0 Å². The number of morpholine rings is 1. The Bertz CT molecular complexity index is 808. The van der Waals surface area contributed by atoms with Crippen molar-refractivity contribution in [3.05, 3.63) is 65.7 Å². The molecule has 1 aliphatic rings. The highest BCUT2D eigenvalue weighted by Gasteiger charge is 2.21. The number of ether oxygens (including phenoxy) is 2. The maximum absolute atomic E-state index is 12.3. The SMILES string of the molecule is CCOc1ccc(C(=O)CCC(=O)NCC2CN(Cc3ccccc3)CCO2)cc1. The average molecular weight is 411 g/mol. The molecule has 0 saturated carbocycles. The first-order valence-electron chi connectivity index (χ1n) is 10.5. The molecule has 1 fully saturated rings. The van der Waals surface area contributed by atoms with Crippen molar-refractivity contribution in [1.29, 1.82) is 0 Å². The van der Waals surface area contributed by atoms with Crippen molar-refractivity contribution in [3.8, 4) is 5.75 Å². The molecule has 2 aromatic carbocycles. The zero-order valence-electron chi connectivity index (χ0n) is 17.5. The van der Waals surface area contributed by atoms with Crippen LogP contribution in [0.2, 0.25) is 0 Å². The molecule has 1 heterocycles. The van der Waals surface area contributed by atoms with Gasteiger partial charge in [-0.1, -0.05) is 30.3 Å². The van der Waals surface area contributed by atoms with E-state index in [0.717, 1.165) is 25.4 Å². The fraction of sp³-hybridized carbons (Fsp3) is 0.417. The second-order valence-electron chi connectivity index (χ2n) is 7.40. The van der Waals surface area contributed by atoms with Gasteiger partial charge in [0.25, 0.3) is 0 Å². The highest BCUT2D eigenvalue weighted by atomic mass is 16.5. The topological polar surface area (TPSA) is 67.9 Å². The Morgan fingerprint density at radius 1 is 1.10 bits per heavy atom. The highest BCUT2D eigenvalue weighted by Crippen LogP contribution is 2.14. The maximum Gasteiger partial charge on any atom is 0.220 e. The van der Waals surface area contributed by atoms with Gasteiger partial charge in [-0.15, -0.1) is 0 Å². The second-order valence-corrected chi connectivity index (χ2v) is 7.40. The van der Waals surface area contributed by atoms with Gasteiger partial charge in [0.15, 0.2) is 5.78 Å². The molecule has 1 saturated heterocycles. The minimum absolute atomic E-state index is 0.0341. The van der Waals surface area contributed by atoms with Gasteiger partial charge in [0, 0.05) is 44.6 Å². The first-order chi connectivity index (χ1) is 14.6. The lowest BCUT2D eigenvalue weighted by atomic mass is 10.1. The number of Topliss-reactive ketones (excluding diaryl/α,β-unsaturated/α-hetero) is 1. The van der Waals surface area contributed by atoms with Crippen molar-refractivity contribution >= 4 is 11.7 Å². The molecule has 6 heteroatoms. The molecule has 1 unspecified atom stereocenters. The number of carbonyl (C=O) groups excluding carboxylic acids is 2. The van der Waals surface area contributed by atoms with E-state index in [9.17, 15) is 9.59 Å². The van der Waals surface area contributed by atoms with Crippen LogP contribution in [0.1, 0.15) is 35.7 Å². The molecule has 0 spiro atoms. The second kappa shape index (κ2) is 11.5. The molecule has 0 radical (unpaired) electrons. The van der Waals surface area contributed by atoms with E-state index in [1.165, 1.54) is 5.56 Å². The molecular formula is C24H30N2O4. The van der Waals surface area contributed by atoms with Crippen molar-refractivity contribution in [3.63, 3.8) is 0 Å². The maximum atomic E-state index is 12.3. The smallest absolute Gasteiger partial charge is 0.220 e. The third-order valence-corrected chi connectivity index (χ3v) is 5.07. The standard InChI is InChI=1S/C24H30N2O4/c1-2-29-21-10-8-20(9-11-21)23(27)12-13-24(28)25-16-22-18-26(14-15-30-22)17-19-6-4-3-5-7-19/h3-11,22H,2,12-18H2,1H3,(H,25,28). The van der Waals surface area contributed by atoms with E-state index in [4.69, 9.17) is 9.47 Å². The molecule has 30 heavy (non-hydrogen) atoms. The molecule has 0 bridgehead atoms. The number of hydrogen-bond donors (Lipinski definition) is 1. The van der Waals surface area contributed by atoms with E-state index in [-0.39, 0.29) is 30.6 Å². The van der Waals surface area contributed by atoms with Crippen LogP contribution in [0.15, 0.2) is 54.6 Å². The van der Waals surface area contributed by atoms with E-state index in [1.807, 2.05) is 25.1 Å². The molecule has 3 rings (SSSR count). The zero-order chi connectivity index (χ0) is 21.2. The van der Waals surface area contributed by atoms with Crippen molar-refractivity contribution < 1.29 is 19.1 Å². The molecular weight excluding hydrogens is 380 g/mol. The number of carbonyl (C=O) groups is 2. The van der Waals surface area contributed by atoms with Gasteiger partial charge in [0.05, 0.1) is 19.3 Å². The molecule has 1 atom stereocenters. The quantitative estimate of drug-likeness (QED) is 0.610. The fourth-order valence-electron chi connectivity index (χ4n) is 3.48. The van der Waals surface area contributed by atoms with Crippen LogP contribution in [0.4, 0.5) is 0 Å². The summed E-state index contributed by atoms with van der Waals surface area (Å²) in [5.41, 5.74) is 1.87. The van der Waals surface area contributed by atoms with Gasteiger partial charge >= 0.3 is 0 Å². The number of amides is 1. The molecule has 1 N–H and O–H groups in total. The van der Waals surface area contributed by atoms with Crippen LogP contribution in [0.3, 0.4) is 0 Å². The molecule has 0 aromatic heterocycles. The van der Waals surface area contributed by atoms with E-state index < -0.39 is 0 Å². The van der Waals surface area contributed by atoms with Gasteiger partial charge in [-0.3, -0.25) is 14.5 Å². The van der Waals surface area contributed by atoms with Crippen LogP contribution in [0.25, 0.3) is 0 Å². The monoisotopic (exact) mass is 410 g/mol. The third kappa shape index (κ3) is 6.97. The minimum atomic E-state index is -0.127. The third-order valence-electron chi connectivity index (χ3n) is 5.07. The Labute approximate surface area is 178 Å². The Kier molecular flexibility index (Phi) is 8.41. The van der Waals surface area contributed by atoms with Gasteiger partial charge in [0.1, 0.15) is 5.75 Å². The minimum Gasteiger partial charge on any atom is -0.494 e. The zero-order valence-corrected chi connectivity index (χ0v) is 17.5. The van der Waals surface area contributed by atoms with Crippen LogP contribution in [0.5, 0.6) is 5.75 Å². The number of hydrogen-bond acceptors (Lipinski definition) is 5. The van der Waals surface area contributed by atoms with Gasteiger partial charge in [-0.25, -0.2) is 0 Å². The van der Waals surface area contributed by atoms with Crippen LogP contribution in [0, 0.1) is 0 Å². The van der Waals surface area contributed by atoms with Crippen LogP contribution in [-0.4, -0.2) is 55.5 Å². The Morgan fingerprint density at radius 2 is 1.87 bits per heavy atom. The van der Waals surface area contributed by atoms with Gasteiger partial charge < -0.3 is 14.8 Å². The highest BCUT2D eigenvalue weighted by molar-refractivity contribution is 5.98. The summed E-state index contributed by atoms with van der Waals surface area (Å²) in [5, 5.41) is 2.91. The van der Waals surface area contributed by atoms with E-state index >= 15 is 0 Å². The summed E-state index contributed by atoms with van der Waals surface area (Å²) in [7, 11) is 0. The van der Waals surface area contributed by atoms with Crippen molar-refractivity contribution in [1.82, 2.24) is 10.2 Å². The number of benzene rings is 2. The fourth-order valence-corrected chi connectivity index (χ4v) is 3.48. The lowest BCUT2D eigenvalue weighted by Crippen LogP contribution is -2.47. The predicted molar refractivity (Wildman–Crippen MR) is 116 cm³/mol. The van der Waals surface area contributed by atoms with Crippen molar-refractivity contribution in [2.24, 2.45) is 0 Å². The van der Waals surface area contributed by atoms with Crippen molar-refractivity contribution in [2.75, 3.05) is 32.8 Å². The average Bonchev–Trinajstić information content (AvgIpc) is 2.78. The lowest BCUT2D eigenvalue weighted by Gasteiger charge is -2.33. The first kappa shape index (κ1) is 22.0. The molecule has 6 nitrogen and oxygen atoms in total. The van der Waals surface area contributed by atoms with Crippen LogP contribution >= 0.6 is 0 Å². The molecule has 2 aromatic rings. The predicted octanol–water partition coefficient (Wildman–Crippen LogP) is 3.07. The van der Waals surface area contributed by atoms with E-state index in [2.05, 4.69) is 22.3 Å².